The predicted molar refractivity (Wildman–Crippen MR) is 84.0 cm³/mol. The molecule has 5 heteroatoms. The number of hydrogen-bond donors (Lipinski definition) is 2. The van der Waals surface area contributed by atoms with E-state index in [0.29, 0.717) is 0 Å². The minimum atomic E-state index is -0.211. The number of nitrogens with one attached hydrogen (secondary N) is 2. The summed E-state index contributed by atoms with van der Waals surface area (Å²) in [5.74, 6) is 0.0270. The standard InChI is InChI=1S/C15H21N3OS/c1-9-6-7-11-12(8-9)17-14(16-11)20-10(2)13(19)18-15(3,4)5/h6-8,10H,1-5H3,(H,16,17)(H,18,19)/t10-/m0/s1. The van der Waals surface area contributed by atoms with Crippen LogP contribution in [0.3, 0.4) is 0 Å². The van der Waals surface area contributed by atoms with E-state index in [1.165, 1.54) is 17.3 Å². The second-order valence-electron chi connectivity index (χ2n) is 6.06. The first kappa shape index (κ1) is 14.9. The van der Waals surface area contributed by atoms with Crippen molar-refractivity contribution in [1.82, 2.24) is 15.3 Å². The van der Waals surface area contributed by atoms with Gasteiger partial charge in [-0.3, -0.25) is 4.79 Å². The van der Waals surface area contributed by atoms with Crippen LogP contribution >= 0.6 is 11.8 Å². The summed E-state index contributed by atoms with van der Waals surface area (Å²) in [6, 6.07) is 6.09. The molecule has 0 aliphatic carbocycles. The first-order valence-corrected chi connectivity index (χ1v) is 7.57. The Labute approximate surface area is 123 Å². The molecule has 20 heavy (non-hydrogen) atoms. The number of imidazole rings is 1. The van der Waals surface area contributed by atoms with E-state index in [9.17, 15) is 4.79 Å². The average molecular weight is 291 g/mol. The molecule has 0 saturated heterocycles. The molecule has 1 amide bonds. The summed E-state index contributed by atoms with van der Waals surface area (Å²) in [4.78, 5) is 19.8. The number of aromatic amines is 1. The molecule has 1 aromatic heterocycles. The van der Waals surface area contributed by atoms with Crippen LogP contribution in [0.5, 0.6) is 0 Å². The number of hydrogen-bond acceptors (Lipinski definition) is 3. The molecule has 0 aliphatic rings. The Hall–Kier alpha value is -1.49. The van der Waals surface area contributed by atoms with E-state index in [0.717, 1.165) is 16.2 Å². The fourth-order valence-corrected chi connectivity index (χ4v) is 2.67. The van der Waals surface area contributed by atoms with Gasteiger partial charge in [0.2, 0.25) is 5.91 Å². The van der Waals surface area contributed by atoms with E-state index in [2.05, 4.69) is 21.4 Å². The lowest BCUT2D eigenvalue weighted by Crippen LogP contribution is -2.44. The van der Waals surface area contributed by atoms with Crippen LogP contribution in [0.15, 0.2) is 23.4 Å². The molecule has 0 radical (unpaired) electrons. The number of nitrogens with zero attached hydrogens (tertiary/aromatic N) is 1. The fourth-order valence-electron chi connectivity index (χ4n) is 1.85. The average Bonchev–Trinajstić information content (AvgIpc) is 2.67. The van der Waals surface area contributed by atoms with Crippen LogP contribution in [-0.4, -0.2) is 26.7 Å². The number of H-pyrrole nitrogens is 1. The molecule has 0 aliphatic heterocycles. The molecule has 1 heterocycles. The van der Waals surface area contributed by atoms with Gasteiger partial charge in [0.1, 0.15) is 0 Å². The van der Waals surface area contributed by atoms with Gasteiger partial charge in [-0.15, -0.1) is 0 Å². The molecule has 108 valence electrons. The SMILES string of the molecule is Cc1ccc2nc(S[C@@H](C)C(=O)NC(C)(C)C)[nH]c2c1. The van der Waals surface area contributed by atoms with Crippen molar-refractivity contribution in [2.75, 3.05) is 0 Å². The molecule has 4 nitrogen and oxygen atoms in total. The van der Waals surface area contributed by atoms with E-state index in [1.54, 1.807) is 0 Å². The molecule has 0 saturated carbocycles. The zero-order valence-corrected chi connectivity index (χ0v) is 13.4. The van der Waals surface area contributed by atoms with E-state index < -0.39 is 0 Å². The summed E-state index contributed by atoms with van der Waals surface area (Å²) in [5.41, 5.74) is 2.92. The third kappa shape index (κ3) is 3.76. The monoisotopic (exact) mass is 291 g/mol. The highest BCUT2D eigenvalue weighted by Crippen LogP contribution is 2.24. The zero-order valence-electron chi connectivity index (χ0n) is 12.6. The van der Waals surface area contributed by atoms with Gasteiger partial charge in [0.05, 0.1) is 16.3 Å². The van der Waals surface area contributed by atoms with Crippen molar-refractivity contribution < 1.29 is 4.79 Å². The number of carbonyl (C=O) groups is 1. The molecule has 0 bridgehead atoms. The predicted octanol–water partition coefficient (Wildman–Crippen LogP) is 3.27. The van der Waals surface area contributed by atoms with Crippen LogP contribution in [0.25, 0.3) is 11.0 Å². The lowest BCUT2D eigenvalue weighted by molar-refractivity contribution is -0.121. The number of aromatic nitrogens is 2. The van der Waals surface area contributed by atoms with Gasteiger partial charge in [0.25, 0.3) is 0 Å². The van der Waals surface area contributed by atoms with Crippen molar-refractivity contribution in [2.24, 2.45) is 0 Å². The summed E-state index contributed by atoms with van der Waals surface area (Å²) < 4.78 is 0. The summed E-state index contributed by atoms with van der Waals surface area (Å²) in [6.07, 6.45) is 0. The molecule has 0 unspecified atom stereocenters. The number of fused-ring (bicyclic) bond motifs is 1. The zero-order chi connectivity index (χ0) is 14.9. The smallest absolute Gasteiger partial charge is 0.233 e. The minimum absolute atomic E-state index is 0.0270. The van der Waals surface area contributed by atoms with Crippen molar-refractivity contribution in [3.05, 3.63) is 23.8 Å². The second kappa shape index (κ2) is 5.48. The van der Waals surface area contributed by atoms with E-state index in [4.69, 9.17) is 0 Å². The highest BCUT2D eigenvalue weighted by atomic mass is 32.2. The van der Waals surface area contributed by atoms with Gasteiger partial charge >= 0.3 is 0 Å². The van der Waals surface area contributed by atoms with Gasteiger partial charge in [0, 0.05) is 5.54 Å². The maximum absolute atomic E-state index is 12.1. The van der Waals surface area contributed by atoms with Crippen LogP contribution in [0.1, 0.15) is 33.3 Å². The third-order valence-electron chi connectivity index (χ3n) is 2.77. The van der Waals surface area contributed by atoms with Gasteiger partial charge in [-0.05, 0) is 52.3 Å². The van der Waals surface area contributed by atoms with Gasteiger partial charge in [-0.1, -0.05) is 17.8 Å². The third-order valence-corrected chi connectivity index (χ3v) is 3.76. The minimum Gasteiger partial charge on any atom is -0.351 e. The van der Waals surface area contributed by atoms with Crippen molar-refractivity contribution >= 4 is 28.7 Å². The Kier molecular flexibility index (Phi) is 4.09. The van der Waals surface area contributed by atoms with Gasteiger partial charge in [0.15, 0.2) is 5.16 Å². The Morgan fingerprint density at radius 2 is 2.10 bits per heavy atom. The molecule has 1 aromatic carbocycles. The fraction of sp³-hybridized carbons (Fsp3) is 0.467. The van der Waals surface area contributed by atoms with Crippen LogP contribution in [0.2, 0.25) is 0 Å². The van der Waals surface area contributed by atoms with Crippen molar-refractivity contribution in [3.8, 4) is 0 Å². The number of rotatable bonds is 3. The highest BCUT2D eigenvalue weighted by molar-refractivity contribution is 8.00. The molecule has 2 N–H and O–H groups in total. The molecule has 1 atom stereocenters. The lowest BCUT2D eigenvalue weighted by Gasteiger charge is -2.22. The number of thioether (sulfide) groups is 1. The number of amides is 1. The van der Waals surface area contributed by atoms with Gasteiger partial charge in [-0.2, -0.15) is 0 Å². The maximum atomic E-state index is 12.1. The topological polar surface area (TPSA) is 57.8 Å². The summed E-state index contributed by atoms with van der Waals surface area (Å²) in [6.45, 7) is 9.88. The normalized spacial score (nSPS) is 13.4. The summed E-state index contributed by atoms with van der Waals surface area (Å²) >= 11 is 1.45. The Balaban J connectivity index is 2.09. The Bertz CT molecular complexity index is 628. The van der Waals surface area contributed by atoms with Crippen LogP contribution in [0.4, 0.5) is 0 Å². The van der Waals surface area contributed by atoms with Crippen molar-refractivity contribution in [2.45, 2.75) is 50.6 Å². The van der Waals surface area contributed by atoms with Crippen LogP contribution in [0, 0.1) is 6.92 Å². The van der Waals surface area contributed by atoms with Crippen LogP contribution < -0.4 is 5.32 Å². The highest BCUT2D eigenvalue weighted by Gasteiger charge is 2.21. The molecule has 2 aromatic rings. The Morgan fingerprint density at radius 1 is 1.40 bits per heavy atom. The first-order valence-electron chi connectivity index (χ1n) is 6.70. The van der Waals surface area contributed by atoms with Crippen LogP contribution in [-0.2, 0) is 4.79 Å². The largest absolute Gasteiger partial charge is 0.351 e. The molecular formula is C15H21N3OS. The molecular weight excluding hydrogens is 270 g/mol. The number of aryl methyl sites for hydroxylation is 1. The molecule has 0 fully saturated rings. The first-order chi connectivity index (χ1) is 9.24. The van der Waals surface area contributed by atoms with Gasteiger partial charge in [-0.25, -0.2) is 4.98 Å². The number of benzene rings is 1. The van der Waals surface area contributed by atoms with Crippen molar-refractivity contribution in [1.29, 1.82) is 0 Å². The van der Waals surface area contributed by atoms with E-state index in [1.807, 2.05) is 46.8 Å². The molecule has 0 spiro atoms. The van der Waals surface area contributed by atoms with E-state index >= 15 is 0 Å². The van der Waals surface area contributed by atoms with Gasteiger partial charge < -0.3 is 10.3 Å². The van der Waals surface area contributed by atoms with Crippen molar-refractivity contribution in [3.63, 3.8) is 0 Å². The quantitative estimate of drug-likeness (QED) is 0.853. The Morgan fingerprint density at radius 3 is 2.75 bits per heavy atom. The second-order valence-corrected chi connectivity index (χ2v) is 7.39. The lowest BCUT2D eigenvalue weighted by atomic mass is 10.1. The number of carbonyl (C=O) groups excluding carboxylic acids is 1. The maximum Gasteiger partial charge on any atom is 0.233 e. The van der Waals surface area contributed by atoms with E-state index in [-0.39, 0.29) is 16.7 Å². The molecule has 2 rings (SSSR count). The summed E-state index contributed by atoms with van der Waals surface area (Å²) in [5, 5.41) is 3.58. The summed E-state index contributed by atoms with van der Waals surface area (Å²) in [7, 11) is 0.